The van der Waals surface area contributed by atoms with E-state index >= 15 is 0 Å². The molecule has 1 heterocycles. The molecule has 6 nitrogen and oxygen atoms in total. The number of rotatable bonds is 3. The zero-order chi connectivity index (χ0) is 22.5. The van der Waals surface area contributed by atoms with Crippen molar-refractivity contribution in [2.45, 2.75) is 19.4 Å². The van der Waals surface area contributed by atoms with Gasteiger partial charge in [-0.05, 0) is 71.2 Å². The normalized spacial score (nSPS) is 17.2. The van der Waals surface area contributed by atoms with Crippen molar-refractivity contribution in [3.63, 3.8) is 0 Å². The molecule has 0 spiro atoms. The zero-order valence-electron chi connectivity index (χ0n) is 17.0. The smallest absolute Gasteiger partial charge is 0.341 e. The molecule has 158 valence electrons. The Kier molecular flexibility index (Phi) is 5.01. The van der Waals surface area contributed by atoms with Gasteiger partial charge in [0.25, 0.3) is 0 Å². The van der Waals surface area contributed by atoms with Crippen molar-refractivity contribution in [3.8, 4) is 11.5 Å². The van der Waals surface area contributed by atoms with Crippen LogP contribution in [0.4, 0.5) is 0 Å². The zero-order valence-corrected chi connectivity index (χ0v) is 18.6. The molecule has 1 unspecified atom stereocenters. The number of hydrogen-bond donors (Lipinski definition) is 2. The number of esters is 2. The number of benzene rings is 3. The van der Waals surface area contributed by atoms with Gasteiger partial charge in [0.05, 0.1) is 17.1 Å². The molecule has 2 N–H and O–H groups in total. The summed E-state index contributed by atoms with van der Waals surface area (Å²) in [5.41, 5.74) is 1.61. The molecule has 7 heteroatoms. The number of phenols is 2. The number of hydrogen-bond acceptors (Lipinski definition) is 6. The SMILES string of the molecule is COC(=O)c1cc(C2(c3cc(C)c(O)c(Br)c3)OC(=O)c3ccccc32)cc(C)c1O. The van der Waals surface area contributed by atoms with Crippen LogP contribution in [0.3, 0.4) is 0 Å². The van der Waals surface area contributed by atoms with Gasteiger partial charge in [-0.15, -0.1) is 0 Å². The quantitative estimate of drug-likeness (QED) is 0.524. The average molecular weight is 483 g/mol. The van der Waals surface area contributed by atoms with E-state index in [4.69, 9.17) is 9.47 Å². The predicted molar refractivity (Wildman–Crippen MR) is 116 cm³/mol. The first-order valence-corrected chi connectivity index (χ1v) is 10.2. The summed E-state index contributed by atoms with van der Waals surface area (Å²) in [6.45, 7) is 3.39. The molecule has 4 rings (SSSR count). The predicted octanol–water partition coefficient (Wildman–Crippen LogP) is 4.73. The summed E-state index contributed by atoms with van der Waals surface area (Å²) in [7, 11) is 1.23. The number of carbonyl (C=O) groups excluding carboxylic acids is 2. The van der Waals surface area contributed by atoms with E-state index in [0.717, 1.165) is 0 Å². The first-order valence-electron chi connectivity index (χ1n) is 9.45. The molecule has 1 aliphatic heterocycles. The molecule has 31 heavy (non-hydrogen) atoms. The Morgan fingerprint density at radius 1 is 1.00 bits per heavy atom. The van der Waals surface area contributed by atoms with Crippen LogP contribution in [0, 0.1) is 13.8 Å². The van der Waals surface area contributed by atoms with Gasteiger partial charge in [0.2, 0.25) is 0 Å². The molecule has 1 aliphatic rings. The maximum Gasteiger partial charge on any atom is 0.341 e. The largest absolute Gasteiger partial charge is 0.507 e. The van der Waals surface area contributed by atoms with Crippen LogP contribution in [0.1, 0.15) is 48.5 Å². The third kappa shape index (κ3) is 3.08. The summed E-state index contributed by atoms with van der Waals surface area (Å²) in [4.78, 5) is 25.2. The second-order valence-electron chi connectivity index (χ2n) is 7.42. The Hall–Kier alpha value is -3.32. The maximum absolute atomic E-state index is 12.9. The minimum absolute atomic E-state index is 0.0353. The van der Waals surface area contributed by atoms with Gasteiger partial charge in [-0.2, -0.15) is 0 Å². The number of halogens is 1. The van der Waals surface area contributed by atoms with E-state index in [-0.39, 0.29) is 17.1 Å². The second-order valence-corrected chi connectivity index (χ2v) is 8.28. The molecule has 3 aromatic rings. The molecule has 0 amide bonds. The van der Waals surface area contributed by atoms with Gasteiger partial charge in [0, 0.05) is 16.7 Å². The molecule has 0 fully saturated rings. The molecular weight excluding hydrogens is 464 g/mol. The third-order valence-electron chi connectivity index (χ3n) is 5.54. The maximum atomic E-state index is 12.9. The minimum atomic E-state index is -1.39. The molecule has 1 atom stereocenters. The molecule has 0 radical (unpaired) electrons. The van der Waals surface area contributed by atoms with E-state index in [2.05, 4.69) is 15.9 Å². The van der Waals surface area contributed by atoms with E-state index in [1.165, 1.54) is 13.2 Å². The van der Waals surface area contributed by atoms with Crippen LogP contribution < -0.4 is 0 Å². The van der Waals surface area contributed by atoms with Gasteiger partial charge in [0.1, 0.15) is 17.1 Å². The van der Waals surface area contributed by atoms with E-state index in [1.807, 2.05) is 0 Å². The Morgan fingerprint density at radius 2 is 1.61 bits per heavy atom. The standard InChI is InChI=1S/C24H19BrO6/c1-12-8-14(10-17(20(12)26)22(28)30-3)24(15-9-13(2)21(27)19(25)11-15)18-7-5-4-6-16(18)23(29)31-24/h4-11,26-27H,1-3H3. The Morgan fingerprint density at radius 3 is 2.26 bits per heavy atom. The third-order valence-corrected chi connectivity index (χ3v) is 6.15. The van der Waals surface area contributed by atoms with Gasteiger partial charge >= 0.3 is 11.9 Å². The van der Waals surface area contributed by atoms with Crippen LogP contribution in [-0.2, 0) is 15.1 Å². The molecule has 3 aromatic carbocycles. The van der Waals surface area contributed by atoms with Crippen LogP contribution >= 0.6 is 15.9 Å². The van der Waals surface area contributed by atoms with Crippen molar-refractivity contribution in [2.75, 3.05) is 7.11 Å². The van der Waals surface area contributed by atoms with E-state index in [0.29, 0.717) is 37.9 Å². The number of cyclic esters (lactones) is 1. The lowest BCUT2D eigenvalue weighted by molar-refractivity contribution is 0.0250. The van der Waals surface area contributed by atoms with Crippen LogP contribution in [-0.4, -0.2) is 29.3 Å². The van der Waals surface area contributed by atoms with Crippen molar-refractivity contribution >= 4 is 27.9 Å². The highest BCUT2D eigenvalue weighted by molar-refractivity contribution is 9.10. The highest BCUT2D eigenvalue weighted by Gasteiger charge is 2.49. The second kappa shape index (κ2) is 7.42. The summed E-state index contributed by atoms with van der Waals surface area (Å²) in [5.74, 6) is -1.35. The Bertz CT molecular complexity index is 1230. The highest BCUT2D eigenvalue weighted by atomic mass is 79.9. The fourth-order valence-electron chi connectivity index (χ4n) is 4.00. The van der Waals surface area contributed by atoms with Crippen molar-refractivity contribution < 1.29 is 29.3 Å². The fourth-order valence-corrected chi connectivity index (χ4v) is 4.56. The number of carbonyl (C=O) groups is 2. The van der Waals surface area contributed by atoms with Gasteiger partial charge in [-0.25, -0.2) is 9.59 Å². The monoisotopic (exact) mass is 482 g/mol. The summed E-state index contributed by atoms with van der Waals surface area (Å²) < 4.78 is 11.3. The summed E-state index contributed by atoms with van der Waals surface area (Å²) >= 11 is 3.37. The van der Waals surface area contributed by atoms with Gasteiger partial charge < -0.3 is 19.7 Å². The fraction of sp³-hybridized carbons (Fsp3) is 0.167. The number of aromatic hydroxyl groups is 2. The first kappa shape index (κ1) is 20.9. The lowest BCUT2D eigenvalue weighted by atomic mass is 9.78. The molecule has 0 saturated carbocycles. The minimum Gasteiger partial charge on any atom is -0.507 e. The van der Waals surface area contributed by atoms with Crippen LogP contribution in [0.5, 0.6) is 11.5 Å². The lowest BCUT2D eigenvalue weighted by Gasteiger charge is -2.31. The summed E-state index contributed by atoms with van der Waals surface area (Å²) in [6.07, 6.45) is 0. The average Bonchev–Trinajstić information content (AvgIpc) is 3.06. The number of aryl methyl sites for hydroxylation is 2. The van der Waals surface area contributed by atoms with Crippen molar-refractivity contribution in [1.29, 1.82) is 0 Å². The number of phenolic OH excluding ortho intramolecular Hbond substituents is 2. The van der Waals surface area contributed by atoms with Gasteiger partial charge in [-0.1, -0.05) is 18.2 Å². The van der Waals surface area contributed by atoms with Crippen molar-refractivity contribution in [2.24, 2.45) is 0 Å². The number of fused-ring (bicyclic) bond motifs is 1. The molecule has 0 bridgehead atoms. The first-order chi connectivity index (χ1) is 14.7. The van der Waals surface area contributed by atoms with Gasteiger partial charge in [0.15, 0.2) is 5.60 Å². The molecule has 0 aliphatic carbocycles. The summed E-state index contributed by atoms with van der Waals surface area (Å²) in [6, 6.07) is 13.6. The van der Waals surface area contributed by atoms with Crippen LogP contribution in [0.25, 0.3) is 0 Å². The lowest BCUT2D eigenvalue weighted by Crippen LogP contribution is -2.30. The van der Waals surface area contributed by atoms with E-state index in [9.17, 15) is 19.8 Å². The number of ether oxygens (including phenoxy) is 2. The van der Waals surface area contributed by atoms with E-state index in [1.54, 1.807) is 56.3 Å². The molecule has 0 aromatic heterocycles. The van der Waals surface area contributed by atoms with Crippen molar-refractivity contribution in [3.05, 3.63) is 91.9 Å². The highest BCUT2D eigenvalue weighted by Crippen LogP contribution is 2.49. The molecular formula is C24H19BrO6. The number of methoxy groups -OCH3 is 1. The van der Waals surface area contributed by atoms with Gasteiger partial charge in [-0.3, -0.25) is 0 Å². The summed E-state index contributed by atoms with van der Waals surface area (Å²) in [5, 5.41) is 20.7. The van der Waals surface area contributed by atoms with Crippen LogP contribution in [0.2, 0.25) is 0 Å². The Labute approximate surface area is 187 Å². The Balaban J connectivity index is 2.12. The van der Waals surface area contributed by atoms with Crippen LogP contribution in [0.15, 0.2) is 53.0 Å². The van der Waals surface area contributed by atoms with Crippen molar-refractivity contribution in [1.82, 2.24) is 0 Å². The molecule has 0 saturated heterocycles. The topological polar surface area (TPSA) is 93.1 Å². The van der Waals surface area contributed by atoms with E-state index < -0.39 is 17.5 Å².